The van der Waals surface area contributed by atoms with Gasteiger partial charge >= 0.3 is 5.97 Å². The molecule has 0 saturated heterocycles. The third-order valence-corrected chi connectivity index (χ3v) is 4.73. The van der Waals surface area contributed by atoms with Crippen LogP contribution in [0.15, 0.2) is 51.3 Å². The summed E-state index contributed by atoms with van der Waals surface area (Å²) in [6, 6.07) is 12.3. The molecular formula is C21H17ClN2O5. The second-order valence-electron chi connectivity index (χ2n) is 6.42. The molecule has 0 spiro atoms. The highest BCUT2D eigenvalue weighted by Gasteiger charge is 2.24. The normalized spacial score (nSPS) is 12.1. The Balaban J connectivity index is 1.52. The van der Waals surface area contributed by atoms with Crippen LogP contribution in [0.5, 0.6) is 5.75 Å². The van der Waals surface area contributed by atoms with Crippen LogP contribution >= 0.6 is 11.6 Å². The summed E-state index contributed by atoms with van der Waals surface area (Å²) in [6.45, 7) is 3.43. The van der Waals surface area contributed by atoms with Gasteiger partial charge in [-0.15, -0.1) is 10.2 Å². The van der Waals surface area contributed by atoms with Crippen molar-refractivity contribution < 1.29 is 23.1 Å². The lowest BCUT2D eigenvalue weighted by atomic mass is 10.1. The van der Waals surface area contributed by atoms with Crippen LogP contribution in [0.3, 0.4) is 0 Å². The van der Waals surface area contributed by atoms with Crippen LogP contribution < -0.4 is 4.74 Å². The number of nitrogens with zero attached hydrogens (tertiary/aromatic N) is 2. The Morgan fingerprint density at radius 2 is 1.86 bits per heavy atom. The summed E-state index contributed by atoms with van der Waals surface area (Å²) in [5.41, 5.74) is 1.95. The molecule has 29 heavy (non-hydrogen) atoms. The maximum absolute atomic E-state index is 12.6. The first kappa shape index (κ1) is 19.0. The van der Waals surface area contributed by atoms with Crippen molar-refractivity contribution in [1.29, 1.82) is 0 Å². The van der Waals surface area contributed by atoms with E-state index in [0.29, 0.717) is 22.1 Å². The zero-order chi connectivity index (χ0) is 20.5. The van der Waals surface area contributed by atoms with Crippen LogP contribution in [-0.4, -0.2) is 23.3 Å². The molecule has 0 saturated carbocycles. The first-order valence-electron chi connectivity index (χ1n) is 8.83. The van der Waals surface area contributed by atoms with Crippen molar-refractivity contribution in [3.63, 3.8) is 0 Å². The lowest BCUT2D eigenvalue weighted by Gasteiger charge is -2.08. The van der Waals surface area contributed by atoms with E-state index in [1.165, 1.54) is 0 Å². The SMILES string of the molecule is COc1ccc(-c2nnc([C@@H](C)OC(=O)c3oc4ccc(Cl)cc4c3C)o2)cc1. The minimum absolute atomic E-state index is 0.115. The van der Waals surface area contributed by atoms with Crippen molar-refractivity contribution in [2.45, 2.75) is 20.0 Å². The number of ether oxygens (including phenoxy) is 2. The third kappa shape index (κ3) is 3.69. The van der Waals surface area contributed by atoms with Crippen molar-refractivity contribution in [2.75, 3.05) is 7.11 Å². The molecule has 8 heteroatoms. The van der Waals surface area contributed by atoms with Crippen LogP contribution in [0.1, 0.15) is 35.0 Å². The Hall–Kier alpha value is -3.32. The maximum Gasteiger partial charge on any atom is 0.375 e. The Morgan fingerprint density at radius 3 is 2.59 bits per heavy atom. The monoisotopic (exact) mass is 412 g/mol. The number of aromatic nitrogens is 2. The molecule has 0 aliphatic heterocycles. The van der Waals surface area contributed by atoms with Gasteiger partial charge in [-0.05, 0) is 56.3 Å². The minimum Gasteiger partial charge on any atom is -0.497 e. The van der Waals surface area contributed by atoms with E-state index in [-0.39, 0.29) is 11.7 Å². The van der Waals surface area contributed by atoms with Crippen LogP contribution in [0.4, 0.5) is 0 Å². The zero-order valence-corrected chi connectivity index (χ0v) is 16.7. The third-order valence-electron chi connectivity index (χ3n) is 4.49. The standard InChI is InChI=1S/C21H17ClN2O5/c1-11-16-10-14(22)6-9-17(16)28-18(11)21(25)27-12(2)19-23-24-20(29-19)13-4-7-15(26-3)8-5-13/h4-10,12H,1-3H3/t12-/m1/s1. The van der Waals surface area contributed by atoms with Crippen molar-refractivity contribution in [3.8, 4) is 17.2 Å². The summed E-state index contributed by atoms with van der Waals surface area (Å²) in [5.74, 6) is 0.717. The van der Waals surface area contributed by atoms with Gasteiger partial charge in [0.25, 0.3) is 5.89 Å². The summed E-state index contributed by atoms with van der Waals surface area (Å²) in [5, 5.41) is 9.33. The van der Waals surface area contributed by atoms with Gasteiger partial charge in [0.2, 0.25) is 11.7 Å². The summed E-state index contributed by atoms with van der Waals surface area (Å²) in [7, 11) is 1.59. The molecule has 148 valence electrons. The average Bonchev–Trinajstić information content (AvgIpc) is 3.34. The molecule has 2 aromatic carbocycles. The number of furan rings is 1. The van der Waals surface area contributed by atoms with Crippen molar-refractivity contribution >= 4 is 28.5 Å². The molecule has 7 nitrogen and oxygen atoms in total. The summed E-state index contributed by atoms with van der Waals surface area (Å²) >= 11 is 6.02. The second-order valence-corrected chi connectivity index (χ2v) is 6.85. The number of hydrogen-bond donors (Lipinski definition) is 0. The molecule has 0 amide bonds. The molecule has 0 bridgehead atoms. The van der Waals surface area contributed by atoms with Gasteiger partial charge in [-0.1, -0.05) is 11.6 Å². The zero-order valence-electron chi connectivity index (χ0n) is 15.9. The molecule has 4 rings (SSSR count). The van der Waals surface area contributed by atoms with Gasteiger partial charge in [0.05, 0.1) is 7.11 Å². The van der Waals surface area contributed by atoms with Gasteiger partial charge in [0.1, 0.15) is 11.3 Å². The largest absolute Gasteiger partial charge is 0.497 e. The molecule has 4 aromatic rings. The predicted octanol–water partition coefficient (Wildman–Crippen LogP) is 5.37. The fourth-order valence-electron chi connectivity index (χ4n) is 2.90. The number of rotatable bonds is 5. The number of carbonyl (C=O) groups excluding carboxylic acids is 1. The number of esters is 1. The highest BCUT2D eigenvalue weighted by Crippen LogP contribution is 2.30. The van der Waals surface area contributed by atoms with Crippen molar-refractivity contribution in [1.82, 2.24) is 10.2 Å². The maximum atomic E-state index is 12.6. The number of fused-ring (bicyclic) bond motifs is 1. The van der Waals surface area contributed by atoms with E-state index in [1.807, 2.05) is 0 Å². The van der Waals surface area contributed by atoms with E-state index in [1.54, 1.807) is 63.4 Å². The Kier molecular flexibility index (Phi) is 4.98. The van der Waals surface area contributed by atoms with Crippen LogP contribution in [-0.2, 0) is 4.74 Å². The number of benzene rings is 2. The van der Waals surface area contributed by atoms with Gasteiger partial charge in [-0.3, -0.25) is 0 Å². The first-order chi connectivity index (χ1) is 14.0. The van der Waals surface area contributed by atoms with Crippen molar-refractivity contribution in [2.24, 2.45) is 0 Å². The van der Waals surface area contributed by atoms with E-state index < -0.39 is 12.1 Å². The van der Waals surface area contributed by atoms with Gasteiger partial charge in [-0.2, -0.15) is 0 Å². The fraction of sp³-hybridized carbons (Fsp3) is 0.190. The molecule has 2 heterocycles. The van der Waals surface area contributed by atoms with E-state index in [2.05, 4.69) is 10.2 Å². The Bertz CT molecular complexity index is 1180. The van der Waals surface area contributed by atoms with Gasteiger partial charge in [0, 0.05) is 21.5 Å². The van der Waals surface area contributed by atoms with Gasteiger partial charge in [-0.25, -0.2) is 4.79 Å². The van der Waals surface area contributed by atoms with Gasteiger partial charge in [0.15, 0.2) is 6.10 Å². The topological polar surface area (TPSA) is 87.6 Å². The average molecular weight is 413 g/mol. The van der Waals surface area contributed by atoms with Crippen LogP contribution in [0.2, 0.25) is 5.02 Å². The van der Waals surface area contributed by atoms with E-state index in [9.17, 15) is 4.79 Å². The molecule has 0 fully saturated rings. The summed E-state index contributed by atoms with van der Waals surface area (Å²) in [6.07, 6.45) is -0.752. The second kappa shape index (κ2) is 7.60. The Labute approximate surface area is 171 Å². The molecule has 0 unspecified atom stereocenters. The van der Waals surface area contributed by atoms with E-state index in [0.717, 1.165) is 16.7 Å². The molecular weight excluding hydrogens is 396 g/mol. The first-order valence-corrected chi connectivity index (χ1v) is 9.21. The molecule has 0 N–H and O–H groups in total. The molecule has 0 radical (unpaired) electrons. The van der Waals surface area contributed by atoms with Crippen molar-refractivity contribution in [3.05, 3.63) is 64.7 Å². The molecule has 2 aromatic heterocycles. The number of methoxy groups -OCH3 is 1. The number of hydrogen-bond acceptors (Lipinski definition) is 7. The quantitative estimate of drug-likeness (QED) is 0.407. The molecule has 0 aliphatic rings. The molecule has 0 aliphatic carbocycles. The van der Waals surface area contributed by atoms with Crippen LogP contribution in [0, 0.1) is 6.92 Å². The smallest absolute Gasteiger partial charge is 0.375 e. The van der Waals surface area contributed by atoms with Crippen LogP contribution in [0.25, 0.3) is 22.4 Å². The molecule has 1 atom stereocenters. The highest BCUT2D eigenvalue weighted by molar-refractivity contribution is 6.31. The highest BCUT2D eigenvalue weighted by atomic mass is 35.5. The fourth-order valence-corrected chi connectivity index (χ4v) is 3.07. The lowest BCUT2D eigenvalue weighted by Crippen LogP contribution is -2.09. The number of halogens is 1. The van der Waals surface area contributed by atoms with E-state index >= 15 is 0 Å². The minimum atomic E-state index is -0.752. The summed E-state index contributed by atoms with van der Waals surface area (Å²) in [4.78, 5) is 12.6. The Morgan fingerprint density at radius 1 is 1.10 bits per heavy atom. The number of aryl methyl sites for hydroxylation is 1. The number of carbonyl (C=O) groups is 1. The predicted molar refractivity (Wildman–Crippen MR) is 106 cm³/mol. The lowest BCUT2D eigenvalue weighted by molar-refractivity contribution is 0.0245. The summed E-state index contributed by atoms with van der Waals surface area (Å²) < 4.78 is 21.9. The van der Waals surface area contributed by atoms with Gasteiger partial charge < -0.3 is 18.3 Å². The van der Waals surface area contributed by atoms with E-state index in [4.69, 9.17) is 29.9 Å².